The summed E-state index contributed by atoms with van der Waals surface area (Å²) in [6, 6.07) is 4.32. The minimum Gasteiger partial charge on any atom is -0.354 e. The van der Waals surface area contributed by atoms with Crippen molar-refractivity contribution in [2.24, 2.45) is 0 Å². The summed E-state index contributed by atoms with van der Waals surface area (Å²) in [5, 5.41) is 8.26. The Balaban J connectivity index is 2.06. The number of piperazine rings is 1. The second kappa shape index (κ2) is 6.02. The van der Waals surface area contributed by atoms with Crippen molar-refractivity contribution in [2.75, 3.05) is 31.1 Å². The average Bonchev–Trinajstić information content (AvgIpc) is 2.92. The van der Waals surface area contributed by atoms with Crippen molar-refractivity contribution < 1.29 is 0 Å². The molecule has 0 unspecified atom stereocenters. The molecule has 0 aromatic carbocycles. The molecule has 5 nitrogen and oxygen atoms in total. The SMILES string of the molecule is CCC(CC)c1cc2nc(C)cc(N3CCNCC3)n2n1. The van der Waals surface area contributed by atoms with Crippen molar-refractivity contribution in [3.05, 3.63) is 23.5 Å². The number of aryl methyl sites for hydroxylation is 1. The summed E-state index contributed by atoms with van der Waals surface area (Å²) in [6.07, 6.45) is 2.25. The Labute approximate surface area is 126 Å². The van der Waals surface area contributed by atoms with E-state index in [2.05, 4.69) is 48.1 Å². The molecule has 0 amide bonds. The Morgan fingerprint density at radius 3 is 2.57 bits per heavy atom. The molecule has 5 heteroatoms. The number of nitrogens with zero attached hydrogens (tertiary/aromatic N) is 4. The smallest absolute Gasteiger partial charge is 0.157 e. The number of nitrogens with one attached hydrogen (secondary N) is 1. The van der Waals surface area contributed by atoms with Gasteiger partial charge in [-0.25, -0.2) is 4.98 Å². The van der Waals surface area contributed by atoms with Crippen LogP contribution in [0.25, 0.3) is 5.65 Å². The molecule has 1 N–H and O–H groups in total. The topological polar surface area (TPSA) is 45.5 Å². The van der Waals surface area contributed by atoms with Crippen molar-refractivity contribution >= 4 is 11.5 Å². The highest BCUT2D eigenvalue weighted by Crippen LogP contribution is 2.25. The van der Waals surface area contributed by atoms with Crippen LogP contribution < -0.4 is 10.2 Å². The predicted octanol–water partition coefficient (Wildman–Crippen LogP) is 2.35. The Bertz CT molecular complexity index is 608. The summed E-state index contributed by atoms with van der Waals surface area (Å²) in [5.41, 5.74) is 3.21. The standard InChI is InChI=1S/C16H25N5/c1-4-13(5-2)14-11-15-18-12(3)10-16(21(15)19-14)20-8-6-17-7-9-20/h10-11,13,17H,4-9H2,1-3H3. The van der Waals surface area contributed by atoms with E-state index < -0.39 is 0 Å². The molecule has 0 saturated carbocycles. The average molecular weight is 287 g/mol. The molecule has 0 bridgehead atoms. The van der Waals surface area contributed by atoms with Gasteiger partial charge in [0, 0.05) is 49.9 Å². The number of anilines is 1. The molecule has 1 fully saturated rings. The molecule has 3 heterocycles. The van der Waals surface area contributed by atoms with E-state index in [1.54, 1.807) is 0 Å². The molecule has 0 radical (unpaired) electrons. The van der Waals surface area contributed by atoms with Crippen molar-refractivity contribution in [1.82, 2.24) is 19.9 Å². The quantitative estimate of drug-likeness (QED) is 0.937. The van der Waals surface area contributed by atoms with E-state index in [-0.39, 0.29) is 0 Å². The first-order valence-corrected chi connectivity index (χ1v) is 8.06. The van der Waals surface area contributed by atoms with Crippen LogP contribution in [0.3, 0.4) is 0 Å². The van der Waals surface area contributed by atoms with Gasteiger partial charge in [-0.15, -0.1) is 0 Å². The summed E-state index contributed by atoms with van der Waals surface area (Å²) in [5.74, 6) is 1.71. The molecule has 1 aliphatic heterocycles. The molecule has 1 saturated heterocycles. The van der Waals surface area contributed by atoms with E-state index >= 15 is 0 Å². The monoisotopic (exact) mass is 287 g/mol. The Morgan fingerprint density at radius 1 is 1.19 bits per heavy atom. The van der Waals surface area contributed by atoms with Gasteiger partial charge in [-0.2, -0.15) is 9.61 Å². The van der Waals surface area contributed by atoms with E-state index in [4.69, 9.17) is 5.10 Å². The molecule has 0 atom stereocenters. The minimum atomic E-state index is 0.530. The first-order valence-electron chi connectivity index (χ1n) is 8.06. The summed E-state index contributed by atoms with van der Waals surface area (Å²) in [7, 11) is 0. The van der Waals surface area contributed by atoms with Crippen LogP contribution in [0.5, 0.6) is 0 Å². The normalized spacial score (nSPS) is 16.1. The van der Waals surface area contributed by atoms with Gasteiger partial charge in [-0.3, -0.25) is 0 Å². The van der Waals surface area contributed by atoms with Crippen LogP contribution in [-0.4, -0.2) is 40.8 Å². The fourth-order valence-corrected chi connectivity index (χ4v) is 3.12. The van der Waals surface area contributed by atoms with Gasteiger partial charge in [0.05, 0.1) is 5.69 Å². The zero-order chi connectivity index (χ0) is 14.8. The lowest BCUT2D eigenvalue weighted by atomic mass is 10.00. The van der Waals surface area contributed by atoms with Crippen LogP contribution in [-0.2, 0) is 0 Å². The van der Waals surface area contributed by atoms with Crippen LogP contribution in [0.4, 0.5) is 5.82 Å². The highest BCUT2D eigenvalue weighted by Gasteiger charge is 2.18. The lowest BCUT2D eigenvalue weighted by Gasteiger charge is -2.29. The van der Waals surface area contributed by atoms with E-state index in [0.29, 0.717) is 5.92 Å². The maximum atomic E-state index is 4.86. The molecule has 1 aliphatic rings. The highest BCUT2D eigenvalue weighted by atomic mass is 15.4. The number of hydrogen-bond acceptors (Lipinski definition) is 4. The fourth-order valence-electron chi connectivity index (χ4n) is 3.12. The molecule has 0 aliphatic carbocycles. The third kappa shape index (κ3) is 2.75. The van der Waals surface area contributed by atoms with Crippen molar-refractivity contribution in [1.29, 1.82) is 0 Å². The van der Waals surface area contributed by atoms with Gasteiger partial charge >= 0.3 is 0 Å². The first-order chi connectivity index (χ1) is 10.2. The molecule has 21 heavy (non-hydrogen) atoms. The van der Waals surface area contributed by atoms with Crippen LogP contribution in [0.2, 0.25) is 0 Å². The maximum Gasteiger partial charge on any atom is 0.157 e. The van der Waals surface area contributed by atoms with Gasteiger partial charge < -0.3 is 10.2 Å². The number of fused-ring (bicyclic) bond motifs is 1. The lowest BCUT2D eigenvalue weighted by molar-refractivity contribution is 0.576. The second-order valence-electron chi connectivity index (χ2n) is 5.85. The van der Waals surface area contributed by atoms with Gasteiger partial charge in [-0.05, 0) is 19.8 Å². The Hall–Kier alpha value is -1.62. The van der Waals surface area contributed by atoms with Crippen LogP contribution in [0, 0.1) is 6.92 Å². The van der Waals surface area contributed by atoms with Gasteiger partial charge in [0.1, 0.15) is 5.82 Å². The molecular weight excluding hydrogens is 262 g/mol. The molecule has 3 rings (SSSR count). The molecule has 0 spiro atoms. The van der Waals surface area contributed by atoms with Gasteiger partial charge in [0.25, 0.3) is 0 Å². The van der Waals surface area contributed by atoms with Gasteiger partial charge in [-0.1, -0.05) is 13.8 Å². The molecule has 114 valence electrons. The predicted molar refractivity (Wildman–Crippen MR) is 86.1 cm³/mol. The summed E-state index contributed by atoms with van der Waals surface area (Å²) in [4.78, 5) is 7.07. The van der Waals surface area contributed by atoms with Crippen molar-refractivity contribution in [2.45, 2.75) is 39.5 Å². The second-order valence-corrected chi connectivity index (χ2v) is 5.85. The maximum absolute atomic E-state index is 4.86. The van der Waals surface area contributed by atoms with E-state index in [1.165, 1.54) is 11.5 Å². The highest BCUT2D eigenvalue weighted by molar-refractivity contribution is 5.52. The number of rotatable bonds is 4. The summed E-state index contributed by atoms with van der Waals surface area (Å²) in [6.45, 7) is 10.6. The zero-order valence-electron chi connectivity index (χ0n) is 13.3. The third-order valence-electron chi connectivity index (χ3n) is 4.40. The third-order valence-corrected chi connectivity index (χ3v) is 4.40. The summed E-state index contributed by atoms with van der Waals surface area (Å²) < 4.78 is 2.03. The van der Waals surface area contributed by atoms with Crippen LogP contribution in [0.1, 0.15) is 44.0 Å². The van der Waals surface area contributed by atoms with E-state index in [1.807, 2.05) is 4.52 Å². The lowest BCUT2D eigenvalue weighted by Crippen LogP contribution is -2.44. The first kappa shape index (κ1) is 14.3. The largest absolute Gasteiger partial charge is 0.354 e. The van der Waals surface area contributed by atoms with Crippen LogP contribution in [0.15, 0.2) is 12.1 Å². The van der Waals surface area contributed by atoms with Gasteiger partial charge in [0.2, 0.25) is 0 Å². The zero-order valence-corrected chi connectivity index (χ0v) is 13.3. The van der Waals surface area contributed by atoms with E-state index in [9.17, 15) is 0 Å². The van der Waals surface area contributed by atoms with E-state index in [0.717, 1.165) is 50.4 Å². The Kier molecular flexibility index (Phi) is 4.10. The van der Waals surface area contributed by atoms with Crippen LogP contribution >= 0.6 is 0 Å². The molecular formula is C16H25N5. The molecule has 2 aromatic rings. The minimum absolute atomic E-state index is 0.530. The number of hydrogen-bond donors (Lipinski definition) is 1. The fraction of sp³-hybridized carbons (Fsp3) is 0.625. The summed E-state index contributed by atoms with van der Waals surface area (Å²) >= 11 is 0. The molecule has 2 aromatic heterocycles. The van der Waals surface area contributed by atoms with Crippen molar-refractivity contribution in [3.8, 4) is 0 Å². The Morgan fingerprint density at radius 2 is 1.90 bits per heavy atom. The number of aromatic nitrogens is 3. The van der Waals surface area contributed by atoms with Gasteiger partial charge in [0.15, 0.2) is 5.65 Å². The van der Waals surface area contributed by atoms with Crippen molar-refractivity contribution in [3.63, 3.8) is 0 Å².